The van der Waals surface area contributed by atoms with Gasteiger partial charge in [0.1, 0.15) is 0 Å². The summed E-state index contributed by atoms with van der Waals surface area (Å²) in [6.45, 7) is 0. The van der Waals surface area contributed by atoms with Crippen LogP contribution in [0.4, 0.5) is 0 Å². The van der Waals surface area contributed by atoms with Crippen LogP contribution in [0, 0.1) is 11.8 Å². The van der Waals surface area contributed by atoms with E-state index in [-0.39, 0.29) is 11.8 Å². The second-order valence-electron chi connectivity index (χ2n) is 5.78. The summed E-state index contributed by atoms with van der Waals surface area (Å²) in [4.78, 5) is 0. The van der Waals surface area contributed by atoms with Crippen LogP contribution in [0.2, 0.25) is 5.02 Å². The number of rotatable bonds is 4. The van der Waals surface area contributed by atoms with Crippen molar-refractivity contribution >= 4 is 21.6 Å². The molecule has 2 aliphatic rings. The van der Waals surface area contributed by atoms with Gasteiger partial charge >= 0.3 is 0 Å². The van der Waals surface area contributed by atoms with E-state index in [4.69, 9.17) is 11.6 Å². The number of hydrogen-bond donors (Lipinski definition) is 1. The van der Waals surface area contributed by atoms with Gasteiger partial charge in [-0.1, -0.05) is 30.2 Å². The lowest BCUT2D eigenvalue weighted by atomic mass is 9.96. The lowest BCUT2D eigenvalue weighted by molar-refractivity contribution is 0.390. The van der Waals surface area contributed by atoms with Gasteiger partial charge in [-0.3, -0.25) is 0 Å². The van der Waals surface area contributed by atoms with Crippen molar-refractivity contribution < 1.29 is 8.42 Å². The molecule has 2 aliphatic carbocycles. The third kappa shape index (κ3) is 3.12. The van der Waals surface area contributed by atoms with Crippen molar-refractivity contribution in [3.8, 4) is 0 Å². The average Bonchev–Trinajstić information content (AvgIpc) is 2.93. The first-order valence-corrected chi connectivity index (χ1v) is 8.79. The molecule has 1 aromatic rings. The van der Waals surface area contributed by atoms with Crippen molar-refractivity contribution in [1.82, 2.24) is 4.72 Å². The molecular weight excluding hydrogens is 282 g/mol. The maximum Gasteiger partial charge on any atom is 0.216 e. The van der Waals surface area contributed by atoms with Crippen molar-refractivity contribution in [2.75, 3.05) is 0 Å². The molecule has 2 saturated carbocycles. The van der Waals surface area contributed by atoms with Gasteiger partial charge in [0.25, 0.3) is 0 Å². The molecular formula is C14H18ClNO2S. The molecule has 0 aromatic heterocycles. The van der Waals surface area contributed by atoms with Crippen LogP contribution in [-0.2, 0) is 15.8 Å². The highest BCUT2D eigenvalue weighted by Crippen LogP contribution is 2.44. The maximum absolute atomic E-state index is 12.2. The second-order valence-corrected chi connectivity index (χ2v) is 7.98. The van der Waals surface area contributed by atoms with Crippen LogP contribution in [0.1, 0.15) is 31.2 Å². The molecule has 5 heteroatoms. The average molecular weight is 300 g/mol. The van der Waals surface area contributed by atoms with E-state index in [0.29, 0.717) is 10.9 Å². The van der Waals surface area contributed by atoms with Crippen molar-refractivity contribution in [3.05, 3.63) is 34.9 Å². The fourth-order valence-electron chi connectivity index (χ4n) is 3.46. The molecule has 0 spiro atoms. The molecule has 0 aliphatic heterocycles. The third-order valence-electron chi connectivity index (χ3n) is 4.34. The third-order valence-corrected chi connectivity index (χ3v) is 5.97. The van der Waals surface area contributed by atoms with Gasteiger partial charge < -0.3 is 0 Å². The van der Waals surface area contributed by atoms with Crippen LogP contribution in [0.5, 0.6) is 0 Å². The lowest BCUT2D eigenvalue weighted by Crippen LogP contribution is -2.39. The Bertz CT molecular complexity index is 555. The van der Waals surface area contributed by atoms with Crippen molar-refractivity contribution in [3.63, 3.8) is 0 Å². The molecule has 1 aromatic carbocycles. The fraction of sp³-hybridized carbons (Fsp3) is 0.571. The van der Waals surface area contributed by atoms with E-state index in [1.807, 2.05) is 0 Å². The first-order valence-electron chi connectivity index (χ1n) is 6.76. The molecule has 2 fully saturated rings. The summed E-state index contributed by atoms with van der Waals surface area (Å²) in [6, 6.07) is 7.15. The molecule has 3 rings (SSSR count). The zero-order valence-electron chi connectivity index (χ0n) is 10.7. The summed E-state index contributed by atoms with van der Waals surface area (Å²) < 4.78 is 27.2. The zero-order chi connectivity index (χ0) is 13.5. The SMILES string of the molecule is O=S(=O)(Cc1ccc(Cl)cc1)N[C@@H]1C[C@@H]2CC[C@@H]1C2. The van der Waals surface area contributed by atoms with Crippen molar-refractivity contribution in [2.45, 2.75) is 37.5 Å². The molecule has 0 unspecified atom stereocenters. The van der Waals surface area contributed by atoms with Crippen molar-refractivity contribution in [1.29, 1.82) is 0 Å². The van der Waals surface area contributed by atoms with E-state index < -0.39 is 10.0 Å². The van der Waals surface area contributed by atoms with E-state index in [1.54, 1.807) is 24.3 Å². The topological polar surface area (TPSA) is 46.2 Å². The van der Waals surface area contributed by atoms with E-state index >= 15 is 0 Å². The summed E-state index contributed by atoms with van der Waals surface area (Å²) in [6.07, 6.45) is 4.68. The van der Waals surface area contributed by atoms with Crippen LogP contribution in [0.15, 0.2) is 24.3 Å². The molecule has 19 heavy (non-hydrogen) atoms. The van der Waals surface area contributed by atoms with E-state index in [9.17, 15) is 8.42 Å². The van der Waals surface area contributed by atoms with Gasteiger partial charge in [-0.25, -0.2) is 13.1 Å². The molecule has 1 N–H and O–H groups in total. The van der Waals surface area contributed by atoms with Crippen molar-refractivity contribution in [2.24, 2.45) is 11.8 Å². The Kier molecular flexibility index (Phi) is 3.58. The highest BCUT2D eigenvalue weighted by molar-refractivity contribution is 7.88. The summed E-state index contributed by atoms with van der Waals surface area (Å²) in [7, 11) is -3.25. The maximum atomic E-state index is 12.2. The van der Waals surface area contributed by atoms with Gasteiger partial charge in [-0.2, -0.15) is 0 Å². The summed E-state index contributed by atoms with van der Waals surface area (Å²) in [5.74, 6) is 1.34. The zero-order valence-corrected chi connectivity index (χ0v) is 12.3. The summed E-state index contributed by atoms with van der Waals surface area (Å²) in [5.41, 5.74) is 0.778. The highest BCUT2D eigenvalue weighted by atomic mass is 35.5. The van der Waals surface area contributed by atoms with Crippen LogP contribution < -0.4 is 4.72 Å². The Labute approximate surface area is 119 Å². The first-order chi connectivity index (χ1) is 9.02. The van der Waals surface area contributed by atoms with E-state index in [0.717, 1.165) is 17.9 Å². The minimum atomic E-state index is -3.25. The normalized spacial score (nSPS) is 29.8. The van der Waals surface area contributed by atoms with Crippen LogP contribution in [0.25, 0.3) is 0 Å². The molecule has 2 bridgehead atoms. The molecule has 0 heterocycles. The number of nitrogens with one attached hydrogen (secondary N) is 1. The first kappa shape index (κ1) is 13.4. The molecule has 0 saturated heterocycles. The standard InChI is InChI=1S/C14H18ClNO2S/c15-13-5-2-10(3-6-13)9-19(17,18)16-14-8-11-1-4-12(14)7-11/h2-3,5-6,11-12,14,16H,1,4,7-9H2/t11-,12-,14-/m1/s1. The molecule has 0 amide bonds. The quantitative estimate of drug-likeness (QED) is 0.929. The monoisotopic (exact) mass is 299 g/mol. The fourth-order valence-corrected chi connectivity index (χ4v) is 5.05. The molecule has 3 nitrogen and oxygen atoms in total. The van der Waals surface area contributed by atoms with Gasteiger partial charge in [-0.05, 0) is 48.8 Å². The Morgan fingerprint density at radius 1 is 1.16 bits per heavy atom. The summed E-state index contributed by atoms with van der Waals surface area (Å²) >= 11 is 5.80. The van der Waals surface area contributed by atoms with Gasteiger partial charge in [0.2, 0.25) is 10.0 Å². The number of hydrogen-bond acceptors (Lipinski definition) is 2. The Morgan fingerprint density at radius 2 is 1.89 bits per heavy atom. The van der Waals surface area contributed by atoms with Gasteiger partial charge in [-0.15, -0.1) is 0 Å². The van der Waals surface area contributed by atoms with Gasteiger partial charge in [0.05, 0.1) is 5.75 Å². The Morgan fingerprint density at radius 3 is 2.47 bits per heavy atom. The minimum absolute atomic E-state index is 0.0397. The smallest absolute Gasteiger partial charge is 0.212 e. The lowest BCUT2D eigenvalue weighted by Gasteiger charge is -2.22. The summed E-state index contributed by atoms with van der Waals surface area (Å²) in [5, 5.41) is 0.627. The van der Waals surface area contributed by atoms with Gasteiger partial charge in [0, 0.05) is 11.1 Å². The number of fused-ring (bicyclic) bond motifs is 2. The van der Waals surface area contributed by atoms with Gasteiger partial charge in [0.15, 0.2) is 0 Å². The number of halogens is 1. The Hall–Kier alpha value is -0.580. The second kappa shape index (κ2) is 5.08. The molecule has 104 valence electrons. The van der Waals surface area contributed by atoms with E-state index in [2.05, 4.69) is 4.72 Å². The Balaban J connectivity index is 1.64. The highest BCUT2D eigenvalue weighted by Gasteiger charge is 2.40. The largest absolute Gasteiger partial charge is 0.216 e. The van der Waals surface area contributed by atoms with Crippen LogP contribution in [-0.4, -0.2) is 14.5 Å². The molecule has 0 radical (unpaired) electrons. The minimum Gasteiger partial charge on any atom is -0.212 e. The van der Waals surface area contributed by atoms with Crippen LogP contribution in [0.3, 0.4) is 0 Å². The number of benzene rings is 1. The van der Waals surface area contributed by atoms with E-state index in [1.165, 1.54) is 19.3 Å². The number of sulfonamides is 1. The molecule has 3 atom stereocenters. The predicted octanol–water partition coefficient (Wildman–Crippen LogP) is 2.95. The van der Waals surface area contributed by atoms with Crippen LogP contribution >= 0.6 is 11.6 Å². The predicted molar refractivity (Wildman–Crippen MR) is 76.4 cm³/mol.